The zero-order valence-corrected chi connectivity index (χ0v) is 17.2. The Balaban J connectivity index is 0.000000226. The van der Waals surface area contributed by atoms with Crippen LogP contribution in [0, 0.1) is 6.92 Å². The Labute approximate surface area is 171 Å². The average molecular weight is 399 g/mol. The third-order valence-corrected chi connectivity index (χ3v) is 4.79. The largest absolute Gasteiger partial charge is 0.382 e. The second-order valence-electron chi connectivity index (χ2n) is 6.69. The molecular formula is C21H29N5O3. The molecule has 156 valence electrons. The van der Waals surface area contributed by atoms with E-state index < -0.39 is 0 Å². The van der Waals surface area contributed by atoms with Crippen LogP contribution in [0.5, 0.6) is 0 Å². The van der Waals surface area contributed by atoms with Crippen molar-refractivity contribution in [2.24, 2.45) is 0 Å². The number of benzene rings is 1. The fraction of sp³-hybridized carbons (Fsp3) is 0.476. The normalized spacial score (nSPS) is 23.2. The molecule has 3 unspecified atom stereocenters. The van der Waals surface area contributed by atoms with E-state index in [2.05, 4.69) is 34.0 Å². The molecule has 2 aliphatic heterocycles. The summed E-state index contributed by atoms with van der Waals surface area (Å²) in [6.45, 7) is 7.59. The van der Waals surface area contributed by atoms with Crippen LogP contribution in [0.3, 0.4) is 0 Å². The van der Waals surface area contributed by atoms with Crippen LogP contribution >= 0.6 is 0 Å². The van der Waals surface area contributed by atoms with Gasteiger partial charge in [0.15, 0.2) is 11.5 Å². The second kappa shape index (κ2) is 10.3. The minimum Gasteiger partial charge on any atom is -0.382 e. The topological polar surface area (TPSA) is 97.3 Å². The molecule has 29 heavy (non-hydrogen) atoms. The van der Waals surface area contributed by atoms with E-state index in [0.717, 1.165) is 12.1 Å². The summed E-state index contributed by atoms with van der Waals surface area (Å²) in [6, 6.07) is 10.4. The van der Waals surface area contributed by atoms with Crippen LogP contribution in [0.15, 0.2) is 43.0 Å². The lowest BCUT2D eigenvalue weighted by Gasteiger charge is -2.39. The van der Waals surface area contributed by atoms with Crippen LogP contribution in [0.25, 0.3) is 11.2 Å². The molecule has 0 saturated carbocycles. The second-order valence-corrected chi connectivity index (χ2v) is 6.69. The number of nitrogen functional groups attached to an aromatic ring is 1. The molecule has 0 aliphatic carbocycles. The fourth-order valence-electron chi connectivity index (χ4n) is 3.33. The lowest BCUT2D eigenvalue weighted by Crippen LogP contribution is -2.47. The zero-order chi connectivity index (χ0) is 20.6. The lowest BCUT2D eigenvalue weighted by molar-refractivity contribution is -0.231. The molecule has 3 atom stereocenters. The van der Waals surface area contributed by atoms with Gasteiger partial charge in [-0.15, -0.1) is 0 Å². The smallest absolute Gasteiger partial charge is 0.165 e. The number of aromatic nitrogens is 4. The Morgan fingerprint density at radius 1 is 1.00 bits per heavy atom. The van der Waals surface area contributed by atoms with Crippen LogP contribution in [0.4, 0.5) is 5.82 Å². The van der Waals surface area contributed by atoms with E-state index in [-0.39, 0.29) is 18.2 Å². The van der Waals surface area contributed by atoms with E-state index in [9.17, 15) is 0 Å². The predicted molar refractivity (Wildman–Crippen MR) is 111 cm³/mol. The number of anilines is 1. The zero-order valence-electron chi connectivity index (χ0n) is 17.2. The molecule has 3 aromatic rings. The first-order valence-corrected chi connectivity index (χ1v) is 9.98. The highest BCUT2D eigenvalue weighted by atomic mass is 16.7. The first kappa shape index (κ1) is 21.2. The Bertz CT molecular complexity index is 886. The highest BCUT2D eigenvalue weighted by molar-refractivity contribution is 5.81. The molecule has 2 aliphatic rings. The summed E-state index contributed by atoms with van der Waals surface area (Å²) in [6.07, 6.45) is 4.12. The molecule has 2 aromatic heterocycles. The highest BCUT2D eigenvalue weighted by Gasteiger charge is 2.36. The number of rotatable bonds is 1. The van der Waals surface area contributed by atoms with Crippen molar-refractivity contribution in [3.8, 4) is 0 Å². The van der Waals surface area contributed by atoms with E-state index in [1.54, 1.807) is 6.33 Å². The van der Waals surface area contributed by atoms with Gasteiger partial charge in [0.1, 0.15) is 24.7 Å². The molecule has 8 nitrogen and oxygen atoms in total. The van der Waals surface area contributed by atoms with Gasteiger partial charge in [0, 0.05) is 0 Å². The van der Waals surface area contributed by atoms with Crippen LogP contribution in [0.2, 0.25) is 0 Å². The van der Waals surface area contributed by atoms with Gasteiger partial charge in [-0.1, -0.05) is 49.7 Å². The summed E-state index contributed by atoms with van der Waals surface area (Å²) in [5.41, 5.74) is 8.49. The van der Waals surface area contributed by atoms with Crippen molar-refractivity contribution in [2.45, 2.75) is 45.4 Å². The number of aryl methyl sites for hydroxylation is 1. The van der Waals surface area contributed by atoms with Gasteiger partial charge in [-0.05, 0) is 13.3 Å². The lowest BCUT2D eigenvalue weighted by atomic mass is 10.0. The first-order chi connectivity index (χ1) is 14.2. The molecule has 2 saturated heterocycles. The molecule has 0 bridgehead atoms. The van der Waals surface area contributed by atoms with Gasteiger partial charge in [0.2, 0.25) is 0 Å². The molecular weight excluding hydrogens is 370 g/mol. The summed E-state index contributed by atoms with van der Waals surface area (Å²) < 4.78 is 18.7. The molecule has 0 amide bonds. The van der Waals surface area contributed by atoms with Gasteiger partial charge in [-0.25, -0.2) is 15.0 Å². The van der Waals surface area contributed by atoms with Crippen LogP contribution in [-0.2, 0) is 14.2 Å². The van der Waals surface area contributed by atoms with Gasteiger partial charge in [-0.3, -0.25) is 0 Å². The SMILES string of the molecule is CC.Cc1ccccc1.Nc1ncnc2c1ncn2C1COC2COCOC2C1. The standard InChI is InChI=1S/C12H15N5O3.C7H8.C2H6/c13-11-10-12(15-4-14-11)17(5-16-10)7-1-8-9(19-2-7)3-18-6-20-8;1-7-5-3-2-4-6-7;1-2/h4-5,7-9H,1-3,6H2,(H2,13,14,15);2-6H,1H3;1-2H3. The van der Waals surface area contributed by atoms with E-state index in [0.29, 0.717) is 31.3 Å². The van der Waals surface area contributed by atoms with Crippen molar-refractivity contribution >= 4 is 17.0 Å². The third kappa shape index (κ3) is 5.09. The van der Waals surface area contributed by atoms with Crippen LogP contribution < -0.4 is 5.73 Å². The summed E-state index contributed by atoms with van der Waals surface area (Å²) in [4.78, 5) is 12.5. The Morgan fingerprint density at radius 3 is 2.52 bits per heavy atom. The van der Waals surface area contributed by atoms with Crippen molar-refractivity contribution in [1.29, 1.82) is 0 Å². The molecule has 5 rings (SSSR count). The summed E-state index contributed by atoms with van der Waals surface area (Å²) in [7, 11) is 0. The number of nitrogens with zero attached hydrogens (tertiary/aromatic N) is 4. The summed E-state index contributed by atoms with van der Waals surface area (Å²) in [5, 5.41) is 0. The molecule has 0 radical (unpaired) electrons. The average Bonchev–Trinajstić information content (AvgIpc) is 3.21. The predicted octanol–water partition coefficient (Wildman–Crippen LogP) is 3.13. The van der Waals surface area contributed by atoms with Crippen LogP contribution in [0.1, 0.15) is 31.9 Å². The molecule has 1 aromatic carbocycles. The maximum atomic E-state index is 5.82. The molecule has 4 heterocycles. The first-order valence-electron chi connectivity index (χ1n) is 9.98. The molecule has 8 heteroatoms. The maximum absolute atomic E-state index is 5.82. The quantitative estimate of drug-likeness (QED) is 0.671. The van der Waals surface area contributed by atoms with Crippen molar-refractivity contribution in [3.63, 3.8) is 0 Å². The van der Waals surface area contributed by atoms with Crippen molar-refractivity contribution < 1.29 is 14.2 Å². The minimum atomic E-state index is 0.0227. The number of nitrogens with two attached hydrogens (primary N) is 1. The van der Waals surface area contributed by atoms with Gasteiger partial charge in [-0.2, -0.15) is 0 Å². The van der Waals surface area contributed by atoms with E-state index in [4.69, 9.17) is 19.9 Å². The number of fused-ring (bicyclic) bond motifs is 2. The number of ether oxygens (including phenoxy) is 3. The van der Waals surface area contributed by atoms with Gasteiger partial charge >= 0.3 is 0 Å². The monoisotopic (exact) mass is 399 g/mol. The van der Waals surface area contributed by atoms with Gasteiger partial charge in [0.25, 0.3) is 0 Å². The van der Waals surface area contributed by atoms with Crippen molar-refractivity contribution in [2.75, 3.05) is 25.7 Å². The molecule has 2 N–H and O–H groups in total. The number of hydrogen-bond donors (Lipinski definition) is 1. The number of imidazole rings is 1. The van der Waals surface area contributed by atoms with Gasteiger partial charge in [0.05, 0.1) is 31.7 Å². The molecule has 2 fully saturated rings. The van der Waals surface area contributed by atoms with E-state index in [1.165, 1.54) is 11.9 Å². The Kier molecular flexibility index (Phi) is 7.51. The fourth-order valence-corrected chi connectivity index (χ4v) is 3.33. The van der Waals surface area contributed by atoms with E-state index >= 15 is 0 Å². The highest BCUT2D eigenvalue weighted by Crippen LogP contribution is 2.30. The van der Waals surface area contributed by atoms with Crippen molar-refractivity contribution in [1.82, 2.24) is 19.5 Å². The van der Waals surface area contributed by atoms with Gasteiger partial charge < -0.3 is 24.5 Å². The Hall–Kier alpha value is -2.55. The third-order valence-electron chi connectivity index (χ3n) is 4.79. The Morgan fingerprint density at radius 2 is 1.79 bits per heavy atom. The minimum absolute atomic E-state index is 0.0227. The summed E-state index contributed by atoms with van der Waals surface area (Å²) >= 11 is 0. The van der Waals surface area contributed by atoms with E-state index in [1.807, 2.05) is 36.6 Å². The maximum Gasteiger partial charge on any atom is 0.165 e. The van der Waals surface area contributed by atoms with Crippen molar-refractivity contribution in [3.05, 3.63) is 48.5 Å². The molecule has 0 spiro atoms. The number of hydrogen-bond acceptors (Lipinski definition) is 7. The van der Waals surface area contributed by atoms with Crippen LogP contribution in [-0.4, -0.2) is 51.7 Å². The summed E-state index contributed by atoms with van der Waals surface area (Å²) in [5.74, 6) is 0.394.